The molecule has 3 aromatic rings. The van der Waals surface area contributed by atoms with E-state index in [1.54, 1.807) is 0 Å². The van der Waals surface area contributed by atoms with Crippen molar-refractivity contribution in [3.8, 4) is 16.6 Å². The molecule has 0 saturated heterocycles. The molecule has 0 spiro atoms. The minimum absolute atomic E-state index is 0.104. The maximum atomic E-state index is 12.2. The van der Waals surface area contributed by atoms with Crippen LogP contribution in [0.3, 0.4) is 0 Å². The van der Waals surface area contributed by atoms with E-state index in [0.29, 0.717) is 21.3 Å². The van der Waals surface area contributed by atoms with Gasteiger partial charge in [0.1, 0.15) is 16.6 Å². The number of hydrogen-bond acceptors (Lipinski definition) is 6. The van der Waals surface area contributed by atoms with Crippen LogP contribution in [0.15, 0.2) is 41.8 Å². The van der Waals surface area contributed by atoms with Crippen LogP contribution in [0, 0.1) is 11.3 Å². The lowest BCUT2D eigenvalue weighted by atomic mass is 10.1. The van der Waals surface area contributed by atoms with Crippen molar-refractivity contribution in [1.29, 1.82) is 5.26 Å². The summed E-state index contributed by atoms with van der Waals surface area (Å²) in [5.74, 6) is -1.47. The van der Waals surface area contributed by atoms with Crippen LogP contribution >= 0.6 is 22.7 Å². The van der Waals surface area contributed by atoms with Crippen LogP contribution in [-0.2, 0) is 0 Å². The van der Waals surface area contributed by atoms with Crippen molar-refractivity contribution in [1.82, 2.24) is 4.98 Å². The first-order chi connectivity index (χ1) is 11.6. The fourth-order valence-corrected chi connectivity index (χ4v) is 3.52. The van der Waals surface area contributed by atoms with Gasteiger partial charge < -0.3 is 5.11 Å². The number of benzene rings is 1. The highest BCUT2D eigenvalue weighted by molar-refractivity contribution is 7.18. The SMILES string of the molecule is N#Cc1sc(NC(=O)c2ccc(C(=O)O)cc2)nc1-c1cccs1. The van der Waals surface area contributed by atoms with Gasteiger partial charge in [-0.1, -0.05) is 17.4 Å². The Kier molecular flexibility index (Phi) is 4.37. The molecule has 2 aromatic heterocycles. The van der Waals surface area contributed by atoms with Gasteiger partial charge in [-0.3, -0.25) is 10.1 Å². The van der Waals surface area contributed by atoms with E-state index in [1.165, 1.54) is 35.6 Å². The largest absolute Gasteiger partial charge is 0.478 e. The lowest BCUT2D eigenvalue weighted by Crippen LogP contribution is -2.12. The number of carbonyl (C=O) groups is 2. The lowest BCUT2D eigenvalue weighted by Gasteiger charge is -2.02. The topological polar surface area (TPSA) is 103 Å². The number of carbonyl (C=O) groups excluding carboxylic acids is 1. The Morgan fingerprint density at radius 1 is 1.17 bits per heavy atom. The number of aromatic nitrogens is 1. The van der Waals surface area contributed by atoms with Gasteiger partial charge in [-0.2, -0.15) is 5.26 Å². The molecule has 0 bridgehead atoms. The first-order valence-corrected chi connectivity index (χ1v) is 8.37. The van der Waals surface area contributed by atoms with Gasteiger partial charge in [0.25, 0.3) is 5.91 Å². The standard InChI is InChI=1S/C16H9N3O3S2/c17-8-12-13(11-2-1-7-23-11)18-16(24-12)19-14(20)9-3-5-10(6-4-9)15(21)22/h1-7H,(H,21,22)(H,18,19,20). The average Bonchev–Trinajstić information content (AvgIpc) is 3.23. The number of aromatic carboxylic acids is 1. The third-order valence-corrected chi connectivity index (χ3v) is 4.85. The molecule has 0 aliphatic carbocycles. The van der Waals surface area contributed by atoms with E-state index in [0.717, 1.165) is 16.2 Å². The van der Waals surface area contributed by atoms with Crippen LogP contribution in [0.5, 0.6) is 0 Å². The van der Waals surface area contributed by atoms with E-state index in [9.17, 15) is 14.9 Å². The number of anilines is 1. The van der Waals surface area contributed by atoms with Crippen molar-refractivity contribution >= 4 is 39.7 Å². The van der Waals surface area contributed by atoms with E-state index in [4.69, 9.17) is 5.11 Å². The van der Waals surface area contributed by atoms with Crippen LogP contribution in [0.1, 0.15) is 25.6 Å². The third kappa shape index (κ3) is 3.17. The number of amides is 1. The Hall–Kier alpha value is -3.02. The molecule has 3 rings (SSSR count). The summed E-state index contributed by atoms with van der Waals surface area (Å²) >= 11 is 2.56. The van der Waals surface area contributed by atoms with E-state index >= 15 is 0 Å². The fraction of sp³-hybridized carbons (Fsp3) is 0. The van der Waals surface area contributed by atoms with E-state index < -0.39 is 11.9 Å². The smallest absolute Gasteiger partial charge is 0.335 e. The van der Waals surface area contributed by atoms with Crippen LogP contribution < -0.4 is 5.32 Å². The molecule has 2 N–H and O–H groups in total. The summed E-state index contributed by atoms with van der Waals surface area (Å²) in [5.41, 5.74) is 0.966. The van der Waals surface area contributed by atoms with Crippen molar-refractivity contribution in [2.24, 2.45) is 0 Å². The first-order valence-electron chi connectivity index (χ1n) is 6.68. The Bertz CT molecular complexity index is 938. The number of thiazole rings is 1. The molecule has 0 unspecified atom stereocenters. The monoisotopic (exact) mass is 355 g/mol. The van der Waals surface area contributed by atoms with Crippen molar-refractivity contribution < 1.29 is 14.7 Å². The second kappa shape index (κ2) is 6.62. The van der Waals surface area contributed by atoms with Crippen LogP contribution in [-0.4, -0.2) is 22.0 Å². The Morgan fingerprint density at radius 2 is 1.88 bits per heavy atom. The third-order valence-electron chi connectivity index (χ3n) is 3.10. The average molecular weight is 355 g/mol. The summed E-state index contributed by atoms with van der Waals surface area (Å²) in [5, 5.41) is 22.9. The van der Waals surface area contributed by atoms with E-state index in [2.05, 4.69) is 16.4 Å². The predicted molar refractivity (Wildman–Crippen MR) is 91.5 cm³/mol. The number of carboxylic acids is 1. The van der Waals surface area contributed by atoms with Gasteiger partial charge in [0.05, 0.1) is 10.4 Å². The van der Waals surface area contributed by atoms with Crippen molar-refractivity contribution in [2.45, 2.75) is 0 Å². The molecule has 0 fully saturated rings. The van der Waals surface area contributed by atoms with Gasteiger partial charge in [-0.05, 0) is 35.7 Å². The minimum Gasteiger partial charge on any atom is -0.478 e. The van der Waals surface area contributed by atoms with Gasteiger partial charge in [0, 0.05) is 5.56 Å². The highest BCUT2D eigenvalue weighted by Crippen LogP contribution is 2.33. The molecule has 2 heterocycles. The van der Waals surface area contributed by atoms with Crippen LogP contribution in [0.4, 0.5) is 5.13 Å². The number of hydrogen-bond donors (Lipinski definition) is 2. The zero-order chi connectivity index (χ0) is 17.1. The second-order valence-corrected chi connectivity index (χ2v) is 6.57. The molecule has 1 aromatic carbocycles. The van der Waals surface area contributed by atoms with E-state index in [1.807, 2.05) is 17.5 Å². The maximum absolute atomic E-state index is 12.2. The summed E-state index contributed by atoms with van der Waals surface area (Å²) in [4.78, 5) is 28.6. The molecule has 0 saturated carbocycles. The number of nitrogens with one attached hydrogen (secondary N) is 1. The first kappa shape index (κ1) is 15.9. The van der Waals surface area contributed by atoms with Crippen molar-refractivity contribution in [3.05, 3.63) is 57.8 Å². The van der Waals surface area contributed by atoms with Gasteiger partial charge in [-0.25, -0.2) is 9.78 Å². The van der Waals surface area contributed by atoms with Crippen LogP contribution in [0.2, 0.25) is 0 Å². The Balaban J connectivity index is 1.82. The quantitative estimate of drug-likeness (QED) is 0.743. The molecular weight excluding hydrogens is 346 g/mol. The lowest BCUT2D eigenvalue weighted by molar-refractivity contribution is 0.0696. The van der Waals surface area contributed by atoms with Gasteiger partial charge in [-0.15, -0.1) is 11.3 Å². The van der Waals surface area contributed by atoms with E-state index in [-0.39, 0.29) is 5.56 Å². The number of rotatable bonds is 4. The molecular formula is C16H9N3O3S2. The molecule has 8 heteroatoms. The molecule has 24 heavy (non-hydrogen) atoms. The summed E-state index contributed by atoms with van der Waals surface area (Å²) in [6.45, 7) is 0. The van der Waals surface area contributed by atoms with Crippen molar-refractivity contribution in [3.63, 3.8) is 0 Å². The summed E-state index contributed by atoms with van der Waals surface area (Å²) in [7, 11) is 0. The molecule has 0 aliphatic heterocycles. The predicted octanol–water partition coefficient (Wildman–Crippen LogP) is 3.69. The summed E-state index contributed by atoms with van der Waals surface area (Å²) in [6, 6.07) is 11.4. The number of nitriles is 1. The van der Waals surface area contributed by atoms with Gasteiger partial charge in [0.15, 0.2) is 5.13 Å². The normalized spacial score (nSPS) is 10.1. The zero-order valence-corrected chi connectivity index (χ0v) is 13.6. The Morgan fingerprint density at radius 3 is 2.46 bits per heavy atom. The van der Waals surface area contributed by atoms with Crippen LogP contribution in [0.25, 0.3) is 10.6 Å². The highest BCUT2D eigenvalue weighted by Gasteiger charge is 2.16. The molecule has 118 valence electrons. The molecule has 0 atom stereocenters. The van der Waals surface area contributed by atoms with Gasteiger partial charge >= 0.3 is 5.97 Å². The fourth-order valence-electron chi connectivity index (χ4n) is 1.96. The molecule has 0 radical (unpaired) electrons. The maximum Gasteiger partial charge on any atom is 0.335 e. The van der Waals surface area contributed by atoms with Crippen molar-refractivity contribution in [2.75, 3.05) is 5.32 Å². The summed E-state index contributed by atoms with van der Waals surface area (Å²) in [6.07, 6.45) is 0. The Labute approximate surface area is 144 Å². The second-order valence-electron chi connectivity index (χ2n) is 4.62. The van der Waals surface area contributed by atoms with Gasteiger partial charge in [0.2, 0.25) is 0 Å². The molecule has 0 aliphatic rings. The highest BCUT2D eigenvalue weighted by atomic mass is 32.1. The minimum atomic E-state index is -1.05. The number of thiophene rings is 1. The number of carboxylic acid groups (broad SMARTS) is 1. The zero-order valence-electron chi connectivity index (χ0n) is 12.0. The molecule has 1 amide bonds. The number of nitrogens with zero attached hydrogens (tertiary/aromatic N) is 2. The summed E-state index contributed by atoms with van der Waals surface area (Å²) < 4.78 is 0. The molecule has 6 nitrogen and oxygen atoms in total.